The molecule has 1 aromatic heterocycles. The van der Waals surface area contributed by atoms with Crippen molar-refractivity contribution in [2.75, 3.05) is 44.4 Å². The Kier molecular flexibility index (Phi) is 4.33. The standard InChI is InChI=1S/C12H20N6O2/c1-13-11-10(18(19)20)12(15-8-14-11)17-6-4-5-9(7-17)16(2)3/h8-9H,4-7H2,1-3H3,(H,13,14,15). The molecule has 1 aliphatic rings. The highest BCUT2D eigenvalue weighted by atomic mass is 16.6. The van der Waals surface area contributed by atoms with Gasteiger partial charge in [0.25, 0.3) is 0 Å². The predicted octanol–water partition coefficient (Wildman–Crippen LogP) is 0.957. The van der Waals surface area contributed by atoms with Crippen LogP contribution < -0.4 is 10.2 Å². The van der Waals surface area contributed by atoms with E-state index in [1.807, 2.05) is 19.0 Å². The third kappa shape index (κ3) is 2.79. The smallest absolute Gasteiger partial charge is 0.353 e. The summed E-state index contributed by atoms with van der Waals surface area (Å²) in [6.45, 7) is 1.53. The summed E-state index contributed by atoms with van der Waals surface area (Å²) in [6, 6.07) is 0.386. The molecule has 1 aliphatic heterocycles. The minimum Gasteiger partial charge on any atom is -0.367 e. The molecule has 0 aliphatic carbocycles. The topological polar surface area (TPSA) is 87.4 Å². The van der Waals surface area contributed by atoms with E-state index < -0.39 is 4.92 Å². The molecule has 1 aromatic rings. The van der Waals surface area contributed by atoms with Crippen LogP contribution in [0.2, 0.25) is 0 Å². The van der Waals surface area contributed by atoms with E-state index in [-0.39, 0.29) is 11.5 Å². The molecular weight excluding hydrogens is 260 g/mol. The SMILES string of the molecule is CNc1ncnc(N2CCCC(N(C)C)C2)c1[N+](=O)[O-]. The second-order valence-corrected chi connectivity index (χ2v) is 5.11. The van der Waals surface area contributed by atoms with Crippen LogP contribution in [0, 0.1) is 10.1 Å². The summed E-state index contributed by atoms with van der Waals surface area (Å²) in [7, 11) is 5.68. The maximum Gasteiger partial charge on any atom is 0.353 e. The fraction of sp³-hybridized carbons (Fsp3) is 0.667. The summed E-state index contributed by atoms with van der Waals surface area (Å²) >= 11 is 0. The molecule has 0 aromatic carbocycles. The first-order valence-electron chi connectivity index (χ1n) is 6.63. The molecule has 1 fully saturated rings. The van der Waals surface area contributed by atoms with Gasteiger partial charge in [-0.25, -0.2) is 9.97 Å². The zero-order chi connectivity index (χ0) is 14.7. The second kappa shape index (κ2) is 6.00. The Labute approximate surface area is 118 Å². The summed E-state index contributed by atoms with van der Waals surface area (Å²) in [4.78, 5) is 23.1. The zero-order valence-corrected chi connectivity index (χ0v) is 12.0. The fourth-order valence-corrected chi connectivity index (χ4v) is 2.52. The first-order valence-corrected chi connectivity index (χ1v) is 6.63. The predicted molar refractivity (Wildman–Crippen MR) is 77.2 cm³/mol. The summed E-state index contributed by atoms with van der Waals surface area (Å²) in [5.74, 6) is 0.660. The van der Waals surface area contributed by atoms with Crippen molar-refractivity contribution >= 4 is 17.3 Å². The van der Waals surface area contributed by atoms with Gasteiger partial charge in [0.15, 0.2) is 0 Å². The van der Waals surface area contributed by atoms with Gasteiger partial charge in [-0.3, -0.25) is 10.1 Å². The van der Waals surface area contributed by atoms with Gasteiger partial charge in [-0.15, -0.1) is 0 Å². The molecule has 0 spiro atoms. The summed E-state index contributed by atoms with van der Waals surface area (Å²) < 4.78 is 0. The number of nitrogens with zero attached hydrogens (tertiary/aromatic N) is 5. The molecule has 1 atom stereocenters. The van der Waals surface area contributed by atoms with E-state index in [2.05, 4.69) is 20.2 Å². The molecule has 2 heterocycles. The molecule has 0 bridgehead atoms. The molecule has 0 amide bonds. The highest BCUT2D eigenvalue weighted by Crippen LogP contribution is 2.33. The summed E-state index contributed by atoms with van der Waals surface area (Å²) in [6.07, 6.45) is 3.47. The minimum atomic E-state index is -0.416. The maximum absolute atomic E-state index is 11.3. The monoisotopic (exact) mass is 280 g/mol. The van der Waals surface area contributed by atoms with E-state index in [0.29, 0.717) is 11.9 Å². The van der Waals surface area contributed by atoms with Crippen LogP contribution in [-0.4, -0.2) is 60.1 Å². The molecule has 2 rings (SSSR count). The van der Waals surface area contributed by atoms with Gasteiger partial charge in [0.1, 0.15) is 6.33 Å². The van der Waals surface area contributed by atoms with Crippen molar-refractivity contribution in [1.82, 2.24) is 14.9 Å². The first kappa shape index (κ1) is 14.4. The average molecular weight is 280 g/mol. The lowest BCUT2D eigenvalue weighted by atomic mass is 10.0. The largest absolute Gasteiger partial charge is 0.367 e. The van der Waals surface area contributed by atoms with Crippen LogP contribution in [0.5, 0.6) is 0 Å². The number of rotatable bonds is 4. The average Bonchev–Trinajstić information content (AvgIpc) is 2.46. The van der Waals surface area contributed by atoms with Crippen LogP contribution in [-0.2, 0) is 0 Å². The van der Waals surface area contributed by atoms with E-state index in [1.54, 1.807) is 7.05 Å². The van der Waals surface area contributed by atoms with Gasteiger partial charge >= 0.3 is 5.69 Å². The van der Waals surface area contributed by atoms with Crippen LogP contribution in [0.15, 0.2) is 6.33 Å². The third-order valence-electron chi connectivity index (χ3n) is 3.65. The molecule has 1 N–H and O–H groups in total. The molecule has 8 nitrogen and oxygen atoms in total. The van der Waals surface area contributed by atoms with Crippen molar-refractivity contribution in [3.8, 4) is 0 Å². The molecule has 20 heavy (non-hydrogen) atoms. The minimum absolute atomic E-state index is 0.0468. The second-order valence-electron chi connectivity index (χ2n) is 5.11. The van der Waals surface area contributed by atoms with Crippen molar-refractivity contribution in [3.05, 3.63) is 16.4 Å². The van der Waals surface area contributed by atoms with Gasteiger partial charge in [-0.05, 0) is 26.9 Å². The van der Waals surface area contributed by atoms with E-state index in [9.17, 15) is 10.1 Å². The van der Waals surface area contributed by atoms with Gasteiger partial charge in [-0.1, -0.05) is 0 Å². The number of likely N-dealkylation sites (N-methyl/N-ethyl adjacent to an activating group) is 1. The number of anilines is 2. The molecule has 110 valence electrons. The van der Waals surface area contributed by atoms with Crippen LogP contribution in [0.4, 0.5) is 17.3 Å². The van der Waals surface area contributed by atoms with Crippen LogP contribution in [0.1, 0.15) is 12.8 Å². The Hall–Kier alpha value is -1.96. The van der Waals surface area contributed by atoms with E-state index in [1.165, 1.54) is 6.33 Å². The van der Waals surface area contributed by atoms with Gasteiger partial charge in [0.2, 0.25) is 11.6 Å². The number of nitrogens with one attached hydrogen (secondary N) is 1. The van der Waals surface area contributed by atoms with Gasteiger partial charge in [0.05, 0.1) is 4.92 Å². The Morgan fingerprint density at radius 1 is 1.50 bits per heavy atom. The van der Waals surface area contributed by atoms with Crippen LogP contribution in [0.3, 0.4) is 0 Å². The molecular formula is C12H20N6O2. The maximum atomic E-state index is 11.3. The van der Waals surface area contributed by atoms with Crippen molar-refractivity contribution in [2.24, 2.45) is 0 Å². The molecule has 0 saturated carbocycles. The van der Waals surface area contributed by atoms with Crippen LogP contribution >= 0.6 is 0 Å². The lowest BCUT2D eigenvalue weighted by molar-refractivity contribution is -0.383. The Bertz CT molecular complexity index is 493. The lowest BCUT2D eigenvalue weighted by Gasteiger charge is -2.36. The number of aromatic nitrogens is 2. The normalized spacial score (nSPS) is 19.2. The molecule has 0 radical (unpaired) electrons. The molecule has 1 saturated heterocycles. The highest BCUT2D eigenvalue weighted by Gasteiger charge is 2.30. The fourth-order valence-electron chi connectivity index (χ4n) is 2.52. The van der Waals surface area contributed by atoms with Gasteiger partial charge < -0.3 is 15.1 Å². The van der Waals surface area contributed by atoms with Gasteiger partial charge in [-0.2, -0.15) is 0 Å². The number of hydrogen-bond acceptors (Lipinski definition) is 7. The van der Waals surface area contributed by atoms with E-state index >= 15 is 0 Å². The highest BCUT2D eigenvalue weighted by molar-refractivity contribution is 5.70. The quantitative estimate of drug-likeness (QED) is 0.649. The Morgan fingerprint density at radius 2 is 2.25 bits per heavy atom. The third-order valence-corrected chi connectivity index (χ3v) is 3.65. The first-order chi connectivity index (χ1) is 9.54. The van der Waals surface area contributed by atoms with Gasteiger partial charge in [0, 0.05) is 26.2 Å². The Morgan fingerprint density at radius 3 is 2.85 bits per heavy atom. The molecule has 8 heteroatoms. The lowest BCUT2D eigenvalue weighted by Crippen LogP contribution is -2.45. The molecule has 1 unspecified atom stereocenters. The van der Waals surface area contributed by atoms with Crippen LogP contribution in [0.25, 0.3) is 0 Å². The van der Waals surface area contributed by atoms with Crippen molar-refractivity contribution in [3.63, 3.8) is 0 Å². The number of piperidine rings is 1. The number of nitro groups is 1. The zero-order valence-electron chi connectivity index (χ0n) is 12.0. The summed E-state index contributed by atoms with van der Waals surface area (Å²) in [5.41, 5.74) is -0.0468. The van der Waals surface area contributed by atoms with Crippen molar-refractivity contribution < 1.29 is 4.92 Å². The van der Waals surface area contributed by atoms with Crippen molar-refractivity contribution in [2.45, 2.75) is 18.9 Å². The van der Waals surface area contributed by atoms with E-state index in [0.717, 1.165) is 25.9 Å². The summed E-state index contributed by atoms with van der Waals surface area (Å²) in [5, 5.41) is 14.1. The van der Waals surface area contributed by atoms with Crippen molar-refractivity contribution in [1.29, 1.82) is 0 Å². The van der Waals surface area contributed by atoms with E-state index in [4.69, 9.17) is 0 Å². The number of hydrogen-bond donors (Lipinski definition) is 1. The Balaban J connectivity index is 2.34.